The van der Waals surface area contributed by atoms with Crippen LogP contribution >= 0.6 is 11.6 Å². The summed E-state index contributed by atoms with van der Waals surface area (Å²) < 4.78 is 28.0. The van der Waals surface area contributed by atoms with Gasteiger partial charge in [0.2, 0.25) is 0 Å². The largest absolute Gasteiger partial charge is 0.271 e. The summed E-state index contributed by atoms with van der Waals surface area (Å²) in [5, 5.41) is 4.74. The van der Waals surface area contributed by atoms with Crippen LogP contribution < -0.4 is 9.73 Å². The van der Waals surface area contributed by atoms with E-state index in [1.165, 1.54) is 0 Å². The smallest absolute Gasteiger partial charge is 0.264 e. The summed E-state index contributed by atoms with van der Waals surface area (Å²) in [6.45, 7) is 10.1. The van der Waals surface area contributed by atoms with Crippen molar-refractivity contribution < 1.29 is 13.2 Å². The molecule has 3 rings (SSSR count). The zero-order chi connectivity index (χ0) is 25.1. The molecule has 6 nitrogen and oxygen atoms in total. The van der Waals surface area contributed by atoms with Gasteiger partial charge < -0.3 is 0 Å². The third-order valence-electron chi connectivity index (χ3n) is 6.47. The molecule has 1 fully saturated rings. The lowest BCUT2D eigenvalue weighted by Gasteiger charge is -2.34. The number of hydrazone groups is 1. The fourth-order valence-electron chi connectivity index (χ4n) is 4.13. The fourth-order valence-corrected chi connectivity index (χ4v) is 5.71. The molecule has 0 unspecified atom stereocenters. The topological polar surface area (TPSA) is 78.8 Å². The number of hydrogen-bond donors (Lipinski definition) is 1. The average Bonchev–Trinajstić information content (AvgIpc) is 2.78. The Morgan fingerprint density at radius 3 is 2.26 bits per heavy atom. The molecule has 0 saturated heterocycles. The number of carbonyl (C=O) groups is 1. The number of halogens is 1. The maximum absolute atomic E-state index is 13.5. The van der Waals surface area contributed by atoms with Crippen molar-refractivity contribution in [2.75, 3.05) is 10.8 Å². The van der Waals surface area contributed by atoms with Crippen molar-refractivity contribution in [1.82, 2.24) is 5.43 Å². The molecule has 0 spiro atoms. The van der Waals surface area contributed by atoms with Crippen LogP contribution in [0.15, 0.2) is 52.5 Å². The Morgan fingerprint density at radius 1 is 1.09 bits per heavy atom. The number of carbonyl (C=O) groups excluding carboxylic acids is 1. The Labute approximate surface area is 208 Å². The average molecular weight is 504 g/mol. The Balaban J connectivity index is 1.80. The fraction of sp³-hybridized carbons (Fsp3) is 0.462. The second-order valence-corrected chi connectivity index (χ2v) is 12.4. The summed E-state index contributed by atoms with van der Waals surface area (Å²) in [4.78, 5) is 12.9. The van der Waals surface area contributed by atoms with E-state index in [0.29, 0.717) is 16.6 Å². The third kappa shape index (κ3) is 6.39. The Morgan fingerprint density at radius 2 is 1.71 bits per heavy atom. The summed E-state index contributed by atoms with van der Waals surface area (Å²) in [5.41, 5.74) is 5.86. The first kappa shape index (κ1) is 26.2. The van der Waals surface area contributed by atoms with Crippen LogP contribution in [0.3, 0.4) is 0 Å². The van der Waals surface area contributed by atoms with Crippen molar-refractivity contribution in [1.29, 1.82) is 0 Å². The summed E-state index contributed by atoms with van der Waals surface area (Å²) in [6, 6.07) is 11.5. The SMILES string of the molecule is Cc1ccc(S(=O)(=O)N(CC(=O)NN=C2CCC(C(C)(C)C)CC2)c2ccc(C)c(Cl)c2)cc1. The van der Waals surface area contributed by atoms with Crippen molar-refractivity contribution in [3.05, 3.63) is 58.6 Å². The van der Waals surface area contributed by atoms with Crippen molar-refractivity contribution in [2.24, 2.45) is 16.4 Å². The normalized spacial score (nSPS) is 16.8. The van der Waals surface area contributed by atoms with Crippen LogP contribution in [-0.2, 0) is 14.8 Å². The van der Waals surface area contributed by atoms with E-state index in [-0.39, 0.29) is 10.3 Å². The minimum atomic E-state index is -4.00. The Bertz CT molecular complexity index is 1160. The number of nitrogens with one attached hydrogen (secondary N) is 1. The highest BCUT2D eigenvalue weighted by Crippen LogP contribution is 2.36. The van der Waals surface area contributed by atoms with Crippen LogP contribution in [0, 0.1) is 25.2 Å². The zero-order valence-electron chi connectivity index (χ0n) is 20.6. The molecule has 2 aromatic carbocycles. The number of amides is 1. The van der Waals surface area contributed by atoms with E-state index in [2.05, 4.69) is 31.3 Å². The predicted octanol–water partition coefficient (Wildman–Crippen LogP) is 5.86. The predicted molar refractivity (Wildman–Crippen MR) is 139 cm³/mol. The highest BCUT2D eigenvalue weighted by molar-refractivity contribution is 7.92. The second kappa shape index (κ2) is 10.5. The van der Waals surface area contributed by atoms with Crippen molar-refractivity contribution in [3.63, 3.8) is 0 Å². The highest BCUT2D eigenvalue weighted by atomic mass is 35.5. The van der Waals surface area contributed by atoms with Crippen molar-refractivity contribution in [3.8, 4) is 0 Å². The monoisotopic (exact) mass is 503 g/mol. The van der Waals surface area contributed by atoms with E-state index in [1.807, 2.05) is 13.8 Å². The first-order chi connectivity index (χ1) is 15.9. The van der Waals surface area contributed by atoms with Gasteiger partial charge in [-0.15, -0.1) is 0 Å². The number of sulfonamides is 1. The summed E-state index contributed by atoms with van der Waals surface area (Å²) in [6.07, 6.45) is 3.74. The number of aryl methyl sites for hydroxylation is 2. The maximum atomic E-state index is 13.5. The van der Waals surface area contributed by atoms with E-state index in [1.54, 1.807) is 42.5 Å². The quantitative estimate of drug-likeness (QED) is 0.501. The first-order valence-corrected chi connectivity index (χ1v) is 13.4. The van der Waals surface area contributed by atoms with Crippen molar-refractivity contribution >= 4 is 38.9 Å². The van der Waals surface area contributed by atoms with Crippen LogP contribution in [-0.4, -0.2) is 26.6 Å². The molecule has 1 amide bonds. The molecule has 1 aliphatic carbocycles. The molecular formula is C26H34ClN3O3S. The molecule has 0 aliphatic heterocycles. The van der Waals surface area contributed by atoms with Crippen molar-refractivity contribution in [2.45, 2.75) is 65.2 Å². The van der Waals surface area contributed by atoms with E-state index in [0.717, 1.165) is 46.8 Å². The number of anilines is 1. The molecule has 1 aliphatic rings. The first-order valence-electron chi connectivity index (χ1n) is 11.6. The molecule has 0 heterocycles. The Hall–Kier alpha value is -2.38. The minimum absolute atomic E-state index is 0.106. The minimum Gasteiger partial charge on any atom is -0.271 e. The summed E-state index contributed by atoms with van der Waals surface area (Å²) in [5.74, 6) is 0.126. The molecule has 0 aromatic heterocycles. The molecule has 184 valence electrons. The van der Waals surface area contributed by atoms with Crippen LogP contribution in [0.4, 0.5) is 5.69 Å². The van der Waals surface area contributed by atoms with Crippen LogP contribution in [0.5, 0.6) is 0 Å². The van der Waals surface area contributed by atoms with E-state index in [9.17, 15) is 13.2 Å². The second-order valence-electron chi connectivity index (χ2n) is 10.1. The number of nitrogens with zero attached hydrogens (tertiary/aromatic N) is 2. The molecule has 1 saturated carbocycles. The van der Waals surface area contributed by atoms with Gasteiger partial charge in [0.1, 0.15) is 6.54 Å². The van der Waals surface area contributed by atoms with Gasteiger partial charge in [0, 0.05) is 10.7 Å². The van der Waals surface area contributed by atoms with Gasteiger partial charge in [-0.3, -0.25) is 9.10 Å². The van der Waals surface area contributed by atoms with Gasteiger partial charge in [-0.2, -0.15) is 5.10 Å². The van der Waals surface area contributed by atoms with Crippen LogP contribution in [0.1, 0.15) is 57.6 Å². The molecule has 1 N–H and O–H groups in total. The van der Waals surface area contributed by atoms with Crippen LogP contribution in [0.2, 0.25) is 5.02 Å². The van der Waals surface area contributed by atoms with Gasteiger partial charge in [-0.25, -0.2) is 13.8 Å². The molecule has 0 bridgehead atoms. The van der Waals surface area contributed by atoms with Gasteiger partial charge in [0.05, 0.1) is 10.6 Å². The van der Waals surface area contributed by atoms with E-state index in [4.69, 9.17) is 11.6 Å². The van der Waals surface area contributed by atoms with Crippen LogP contribution in [0.25, 0.3) is 0 Å². The lowest BCUT2D eigenvalue weighted by atomic mass is 9.72. The molecule has 0 radical (unpaired) electrons. The van der Waals surface area contributed by atoms with Gasteiger partial charge in [-0.1, -0.05) is 56.1 Å². The van der Waals surface area contributed by atoms with E-state index < -0.39 is 22.5 Å². The molecule has 0 atom stereocenters. The maximum Gasteiger partial charge on any atom is 0.264 e. The van der Waals surface area contributed by atoms with Gasteiger partial charge in [0.25, 0.3) is 15.9 Å². The lowest BCUT2D eigenvalue weighted by molar-refractivity contribution is -0.119. The number of hydrogen-bond acceptors (Lipinski definition) is 4. The molecule has 2 aromatic rings. The third-order valence-corrected chi connectivity index (χ3v) is 8.66. The van der Waals surface area contributed by atoms with Gasteiger partial charge in [-0.05, 0) is 80.7 Å². The lowest BCUT2D eigenvalue weighted by Crippen LogP contribution is -2.40. The Kier molecular flexibility index (Phi) is 8.09. The molecule has 34 heavy (non-hydrogen) atoms. The number of rotatable bonds is 6. The molecule has 8 heteroatoms. The van der Waals surface area contributed by atoms with Gasteiger partial charge >= 0.3 is 0 Å². The highest BCUT2D eigenvalue weighted by Gasteiger charge is 2.29. The summed E-state index contributed by atoms with van der Waals surface area (Å²) in [7, 11) is -4.00. The standard InChI is InChI=1S/C26H34ClN3O3S/c1-18-6-14-23(15-7-18)34(32,33)30(22-13-8-19(2)24(27)16-22)17-25(31)29-28-21-11-9-20(10-12-21)26(3,4)5/h6-8,13-16,20H,9-12,17H2,1-5H3,(H,29,31). The zero-order valence-corrected chi connectivity index (χ0v) is 22.1. The number of benzene rings is 2. The van der Waals surface area contributed by atoms with Gasteiger partial charge in [0.15, 0.2) is 0 Å². The van der Waals surface area contributed by atoms with E-state index >= 15 is 0 Å². The molecular weight excluding hydrogens is 470 g/mol. The summed E-state index contributed by atoms with van der Waals surface area (Å²) >= 11 is 6.27.